The first-order chi connectivity index (χ1) is 8.99. The van der Waals surface area contributed by atoms with Crippen LogP contribution in [0.1, 0.15) is 12.6 Å². The smallest absolute Gasteiger partial charge is 0.293 e. The van der Waals surface area contributed by atoms with Gasteiger partial charge in [0.05, 0.1) is 11.4 Å². The van der Waals surface area contributed by atoms with Crippen LogP contribution in [0.4, 0.5) is 11.4 Å². The molecule has 0 fully saturated rings. The van der Waals surface area contributed by atoms with Crippen LogP contribution in [0.2, 0.25) is 0 Å². The van der Waals surface area contributed by atoms with Gasteiger partial charge in [0.1, 0.15) is 4.99 Å². The van der Waals surface area contributed by atoms with Crippen molar-refractivity contribution in [2.24, 2.45) is 10.2 Å². The first kappa shape index (κ1) is 13.8. The highest BCUT2D eigenvalue weighted by atomic mass is 79.9. The van der Waals surface area contributed by atoms with Crippen molar-refractivity contribution < 1.29 is 0 Å². The lowest BCUT2D eigenvalue weighted by Crippen LogP contribution is -2.20. The fourth-order valence-electron chi connectivity index (χ4n) is 1.52. The molecule has 0 saturated heterocycles. The van der Waals surface area contributed by atoms with Crippen molar-refractivity contribution in [2.45, 2.75) is 13.8 Å². The number of nitrogens with zero attached hydrogens (tertiary/aromatic N) is 3. The van der Waals surface area contributed by atoms with E-state index in [1.54, 1.807) is 19.9 Å². The maximum absolute atomic E-state index is 12.0. The number of nitrogens with one attached hydrogen (secondary N) is 1. The summed E-state index contributed by atoms with van der Waals surface area (Å²) in [5.74, 6) is 0. The molecule has 0 spiro atoms. The summed E-state index contributed by atoms with van der Waals surface area (Å²) < 4.78 is 2.18. The van der Waals surface area contributed by atoms with E-state index in [0.717, 1.165) is 4.47 Å². The van der Waals surface area contributed by atoms with Crippen LogP contribution >= 0.6 is 28.1 Å². The van der Waals surface area contributed by atoms with Crippen LogP contribution in [0.5, 0.6) is 0 Å². The van der Waals surface area contributed by atoms with Gasteiger partial charge in [-0.25, -0.2) is 4.68 Å². The number of hydrogen-bond donors (Lipinski definition) is 1. The van der Waals surface area contributed by atoms with Crippen LogP contribution in [-0.2, 0) is 0 Å². The Hall–Kier alpha value is -1.60. The maximum atomic E-state index is 12.0. The zero-order valence-corrected chi connectivity index (χ0v) is 12.7. The van der Waals surface area contributed by atoms with Gasteiger partial charge in [-0.3, -0.25) is 9.89 Å². The van der Waals surface area contributed by atoms with Crippen molar-refractivity contribution in [2.75, 3.05) is 0 Å². The molecule has 0 radical (unpaired) electrons. The number of aromatic amines is 1. The van der Waals surface area contributed by atoms with E-state index in [4.69, 9.17) is 12.2 Å². The molecule has 0 aliphatic heterocycles. The van der Waals surface area contributed by atoms with Gasteiger partial charge in [-0.2, -0.15) is 5.11 Å². The minimum Gasteiger partial charge on any atom is -0.293 e. The zero-order chi connectivity index (χ0) is 14.0. The Bertz CT molecular complexity index is 717. The molecule has 0 amide bonds. The second-order valence-corrected chi connectivity index (χ2v) is 5.43. The zero-order valence-electron chi connectivity index (χ0n) is 10.3. The third-order valence-electron chi connectivity index (χ3n) is 2.43. The number of rotatable bonds is 2. The Morgan fingerprint density at radius 2 is 2.16 bits per heavy atom. The van der Waals surface area contributed by atoms with Crippen molar-refractivity contribution in [3.63, 3.8) is 0 Å². The average Bonchev–Trinajstić information content (AvgIpc) is 2.63. The van der Waals surface area contributed by atoms with E-state index in [-0.39, 0.29) is 11.2 Å². The lowest BCUT2D eigenvalue weighted by atomic mass is 10.3. The monoisotopic (exact) mass is 338 g/mol. The molecular formula is C12H11BrN4OS. The van der Waals surface area contributed by atoms with Crippen LogP contribution < -0.4 is 5.56 Å². The van der Waals surface area contributed by atoms with Crippen LogP contribution in [0.15, 0.2) is 43.8 Å². The van der Waals surface area contributed by atoms with Crippen LogP contribution in [0.3, 0.4) is 0 Å². The molecule has 0 bridgehead atoms. The Morgan fingerprint density at radius 1 is 1.42 bits per heavy atom. The third-order valence-corrected chi connectivity index (χ3v) is 3.10. The van der Waals surface area contributed by atoms with Gasteiger partial charge < -0.3 is 0 Å². The summed E-state index contributed by atoms with van der Waals surface area (Å²) in [4.78, 5) is 12.4. The van der Waals surface area contributed by atoms with Gasteiger partial charge in [-0.1, -0.05) is 34.2 Å². The lowest BCUT2D eigenvalue weighted by Gasteiger charge is -1.93. The third kappa shape index (κ3) is 3.05. The topological polar surface area (TPSA) is 62.5 Å². The standard InChI is InChI=1S/C12H11BrN4OS/c1-7-11(12(18)17(16-7)8(2)19)15-14-10-5-3-4-9(13)6-10/h3-6,16H,1-2H3. The Kier molecular flexibility index (Phi) is 4.06. The van der Waals surface area contributed by atoms with Gasteiger partial charge in [-0.15, -0.1) is 5.11 Å². The summed E-state index contributed by atoms with van der Waals surface area (Å²) in [5, 5.41) is 10.9. The van der Waals surface area contributed by atoms with Gasteiger partial charge in [0.25, 0.3) is 5.56 Å². The summed E-state index contributed by atoms with van der Waals surface area (Å²) in [6.07, 6.45) is 0. The van der Waals surface area contributed by atoms with Crippen molar-refractivity contribution >= 4 is 44.5 Å². The van der Waals surface area contributed by atoms with Gasteiger partial charge in [0.2, 0.25) is 0 Å². The number of aryl methyl sites for hydroxylation is 1. The largest absolute Gasteiger partial charge is 0.299 e. The number of aromatic nitrogens is 2. The normalized spacial score (nSPS) is 11.1. The van der Waals surface area contributed by atoms with E-state index in [1.807, 2.05) is 18.2 Å². The van der Waals surface area contributed by atoms with Crippen molar-refractivity contribution in [1.29, 1.82) is 0 Å². The van der Waals surface area contributed by atoms with E-state index in [9.17, 15) is 4.79 Å². The van der Waals surface area contributed by atoms with Gasteiger partial charge >= 0.3 is 0 Å². The lowest BCUT2D eigenvalue weighted by molar-refractivity contribution is 0.893. The van der Waals surface area contributed by atoms with Crippen molar-refractivity contribution in [3.05, 3.63) is 44.8 Å². The molecule has 7 heteroatoms. The molecule has 19 heavy (non-hydrogen) atoms. The average molecular weight is 339 g/mol. The van der Waals surface area contributed by atoms with Crippen LogP contribution in [-0.4, -0.2) is 14.8 Å². The summed E-state index contributed by atoms with van der Waals surface area (Å²) in [5.41, 5.74) is 1.28. The molecule has 0 saturated carbocycles. The first-order valence-corrected chi connectivity index (χ1v) is 6.69. The molecule has 98 valence electrons. The highest BCUT2D eigenvalue weighted by Crippen LogP contribution is 2.21. The summed E-state index contributed by atoms with van der Waals surface area (Å²) in [6.45, 7) is 3.42. The van der Waals surface area contributed by atoms with E-state index in [2.05, 4.69) is 31.3 Å². The number of benzene rings is 1. The molecule has 1 aromatic heterocycles. The van der Waals surface area contributed by atoms with Gasteiger partial charge in [0, 0.05) is 4.47 Å². The minimum atomic E-state index is -0.288. The van der Waals surface area contributed by atoms with E-state index in [1.165, 1.54) is 4.68 Å². The number of H-pyrrole nitrogens is 1. The number of halogens is 1. The Morgan fingerprint density at radius 3 is 2.74 bits per heavy atom. The maximum Gasteiger partial charge on any atom is 0.299 e. The molecule has 5 nitrogen and oxygen atoms in total. The molecule has 1 aromatic carbocycles. The quantitative estimate of drug-likeness (QED) is 0.667. The number of azo groups is 1. The van der Waals surface area contributed by atoms with Gasteiger partial charge in [-0.05, 0) is 32.0 Å². The predicted molar refractivity (Wildman–Crippen MR) is 81.8 cm³/mol. The Labute approximate surface area is 123 Å². The number of hydrogen-bond acceptors (Lipinski definition) is 4. The van der Waals surface area contributed by atoms with E-state index < -0.39 is 0 Å². The SMILES string of the molecule is CC(=S)n1[nH]c(C)c(N=Nc2cccc(Br)c2)c1=O. The van der Waals surface area contributed by atoms with E-state index in [0.29, 0.717) is 16.4 Å². The molecule has 0 aliphatic rings. The summed E-state index contributed by atoms with van der Waals surface area (Å²) in [6, 6.07) is 7.36. The summed E-state index contributed by atoms with van der Waals surface area (Å²) in [7, 11) is 0. The fraction of sp³-hybridized carbons (Fsp3) is 0.167. The molecular weight excluding hydrogens is 328 g/mol. The van der Waals surface area contributed by atoms with Crippen molar-refractivity contribution in [1.82, 2.24) is 9.78 Å². The van der Waals surface area contributed by atoms with Gasteiger partial charge in [0.15, 0.2) is 5.69 Å². The molecule has 1 heterocycles. The first-order valence-electron chi connectivity index (χ1n) is 5.49. The molecule has 1 N–H and O–H groups in total. The highest BCUT2D eigenvalue weighted by Gasteiger charge is 2.11. The van der Waals surface area contributed by atoms with Crippen LogP contribution in [0, 0.1) is 6.92 Å². The fourth-order valence-corrected chi connectivity index (χ4v) is 2.04. The second kappa shape index (κ2) is 5.58. The molecule has 2 rings (SSSR count). The molecule has 0 aliphatic carbocycles. The highest BCUT2D eigenvalue weighted by molar-refractivity contribution is 9.10. The Balaban J connectivity index is 2.39. The molecule has 0 unspecified atom stereocenters. The van der Waals surface area contributed by atoms with E-state index >= 15 is 0 Å². The van der Waals surface area contributed by atoms with Crippen LogP contribution in [0.25, 0.3) is 0 Å². The minimum absolute atomic E-state index is 0.268. The molecule has 0 atom stereocenters. The second-order valence-electron chi connectivity index (χ2n) is 3.92. The molecule has 2 aromatic rings. The number of thiocarbonyl (C=S) groups is 1. The van der Waals surface area contributed by atoms with Crippen molar-refractivity contribution in [3.8, 4) is 0 Å². The predicted octanol–water partition coefficient (Wildman–Crippen LogP) is 3.86. The summed E-state index contributed by atoms with van der Waals surface area (Å²) >= 11 is 8.32.